The van der Waals surface area contributed by atoms with Gasteiger partial charge in [0.15, 0.2) is 0 Å². The minimum atomic E-state index is -0.261. The maximum absolute atomic E-state index is 12.9. The van der Waals surface area contributed by atoms with Crippen molar-refractivity contribution in [1.29, 1.82) is 0 Å². The van der Waals surface area contributed by atoms with E-state index in [1.165, 1.54) is 0 Å². The predicted molar refractivity (Wildman–Crippen MR) is 101 cm³/mol. The first-order chi connectivity index (χ1) is 12.0. The highest BCUT2D eigenvalue weighted by atomic mass is 32.2. The van der Waals surface area contributed by atoms with Crippen LogP contribution in [0.2, 0.25) is 0 Å². The number of rotatable bonds is 5. The van der Waals surface area contributed by atoms with E-state index in [0.717, 1.165) is 21.2 Å². The van der Waals surface area contributed by atoms with Gasteiger partial charge in [0.2, 0.25) is 5.91 Å². The summed E-state index contributed by atoms with van der Waals surface area (Å²) in [5.41, 5.74) is 8.15. The molecule has 1 aromatic carbocycles. The van der Waals surface area contributed by atoms with Gasteiger partial charge in [-0.05, 0) is 31.4 Å². The van der Waals surface area contributed by atoms with Crippen molar-refractivity contribution in [2.45, 2.75) is 29.9 Å². The first-order valence-corrected chi connectivity index (χ1v) is 10.1. The van der Waals surface area contributed by atoms with Gasteiger partial charge in [-0.25, -0.2) is 4.98 Å². The summed E-state index contributed by atoms with van der Waals surface area (Å²) < 4.78 is 1.02. The largest absolute Gasteiger partial charge is 0.369 e. The Hall–Kier alpha value is -1.86. The highest BCUT2D eigenvalue weighted by Crippen LogP contribution is 2.28. The van der Waals surface area contributed by atoms with Crippen LogP contribution in [0.1, 0.15) is 34.5 Å². The number of primary amides is 1. The van der Waals surface area contributed by atoms with Crippen molar-refractivity contribution in [2.24, 2.45) is 11.7 Å². The summed E-state index contributed by atoms with van der Waals surface area (Å²) in [6.45, 7) is 3.15. The highest BCUT2D eigenvalue weighted by molar-refractivity contribution is 8.00. The van der Waals surface area contributed by atoms with Crippen molar-refractivity contribution in [2.75, 3.05) is 13.1 Å². The van der Waals surface area contributed by atoms with Crippen molar-refractivity contribution >= 4 is 34.9 Å². The molecule has 0 atom stereocenters. The second-order valence-electron chi connectivity index (χ2n) is 6.17. The number of carbonyl (C=O) groups is 2. The van der Waals surface area contributed by atoms with Crippen LogP contribution in [0.25, 0.3) is 0 Å². The molecule has 25 heavy (non-hydrogen) atoms. The first-order valence-electron chi connectivity index (χ1n) is 8.26. The Bertz CT molecular complexity index is 767. The number of benzene rings is 1. The number of thioether (sulfide) groups is 1. The van der Waals surface area contributed by atoms with E-state index in [4.69, 9.17) is 5.73 Å². The highest BCUT2D eigenvalue weighted by Gasteiger charge is 2.27. The van der Waals surface area contributed by atoms with Gasteiger partial charge in [-0.3, -0.25) is 9.59 Å². The molecule has 0 unspecified atom stereocenters. The zero-order valence-corrected chi connectivity index (χ0v) is 15.7. The van der Waals surface area contributed by atoms with E-state index in [0.29, 0.717) is 31.7 Å². The number of carbonyl (C=O) groups excluding carboxylic acids is 2. The quantitative estimate of drug-likeness (QED) is 0.815. The zero-order chi connectivity index (χ0) is 17.8. The zero-order valence-electron chi connectivity index (χ0n) is 14.1. The summed E-state index contributed by atoms with van der Waals surface area (Å²) in [5.74, 6) is 0.382. The SMILES string of the molecule is Cc1csc(SCc2ccccc2C(=O)N2CCC(C(N)=O)CC2)n1. The Morgan fingerprint density at radius 2 is 2.04 bits per heavy atom. The molecular formula is C18H21N3O2S2. The normalized spacial score (nSPS) is 15.3. The van der Waals surface area contributed by atoms with Crippen molar-refractivity contribution in [1.82, 2.24) is 9.88 Å². The standard InChI is InChI=1S/C18H21N3O2S2/c1-12-10-24-18(20-12)25-11-14-4-2-3-5-15(14)17(23)21-8-6-13(7-9-21)16(19)22/h2-5,10,13H,6-9,11H2,1H3,(H2,19,22). The molecule has 1 saturated heterocycles. The lowest BCUT2D eigenvalue weighted by molar-refractivity contribution is -0.123. The molecule has 7 heteroatoms. The number of nitrogens with two attached hydrogens (primary N) is 1. The topological polar surface area (TPSA) is 76.3 Å². The molecule has 2 heterocycles. The van der Waals surface area contributed by atoms with Crippen LogP contribution >= 0.6 is 23.1 Å². The summed E-state index contributed by atoms with van der Waals surface area (Å²) in [5, 5.41) is 2.03. The number of aromatic nitrogens is 1. The molecule has 3 rings (SSSR count). The minimum absolute atomic E-state index is 0.0365. The summed E-state index contributed by atoms with van der Waals surface area (Å²) in [6.07, 6.45) is 1.30. The van der Waals surface area contributed by atoms with Crippen LogP contribution < -0.4 is 5.73 Å². The second kappa shape index (κ2) is 8.01. The van der Waals surface area contributed by atoms with Crippen LogP contribution in [0.4, 0.5) is 0 Å². The van der Waals surface area contributed by atoms with Crippen molar-refractivity contribution in [3.8, 4) is 0 Å². The summed E-state index contributed by atoms with van der Waals surface area (Å²) in [7, 11) is 0. The molecule has 2 amide bonds. The Labute approximate surface area is 155 Å². The van der Waals surface area contributed by atoms with Crippen LogP contribution in [-0.2, 0) is 10.5 Å². The molecule has 1 aromatic heterocycles. The molecular weight excluding hydrogens is 354 g/mol. The molecule has 0 aliphatic carbocycles. The summed E-state index contributed by atoms with van der Waals surface area (Å²) >= 11 is 3.28. The van der Waals surface area contributed by atoms with Crippen LogP contribution in [0.3, 0.4) is 0 Å². The van der Waals surface area contributed by atoms with Gasteiger partial charge >= 0.3 is 0 Å². The summed E-state index contributed by atoms with van der Waals surface area (Å²) in [4.78, 5) is 30.5. The average molecular weight is 376 g/mol. The van der Waals surface area contributed by atoms with Gasteiger partial charge in [-0.2, -0.15) is 0 Å². The molecule has 1 aliphatic heterocycles. The summed E-state index contributed by atoms with van der Waals surface area (Å²) in [6, 6.07) is 7.73. The second-order valence-corrected chi connectivity index (χ2v) is 8.25. The van der Waals surface area contributed by atoms with Crippen LogP contribution in [0, 0.1) is 12.8 Å². The number of hydrogen-bond acceptors (Lipinski definition) is 5. The lowest BCUT2D eigenvalue weighted by Gasteiger charge is -2.31. The Morgan fingerprint density at radius 1 is 1.32 bits per heavy atom. The van der Waals surface area contributed by atoms with Gasteiger partial charge in [0, 0.05) is 41.4 Å². The average Bonchev–Trinajstić information content (AvgIpc) is 3.05. The molecule has 132 valence electrons. The fourth-order valence-corrected chi connectivity index (χ4v) is 4.78. The monoisotopic (exact) mass is 375 g/mol. The predicted octanol–water partition coefficient (Wildman–Crippen LogP) is 3.08. The van der Waals surface area contributed by atoms with Gasteiger partial charge in [-0.15, -0.1) is 11.3 Å². The van der Waals surface area contributed by atoms with E-state index >= 15 is 0 Å². The van der Waals surface area contributed by atoms with E-state index in [1.807, 2.05) is 41.5 Å². The smallest absolute Gasteiger partial charge is 0.254 e. The van der Waals surface area contributed by atoms with E-state index in [2.05, 4.69) is 4.98 Å². The fraction of sp³-hybridized carbons (Fsp3) is 0.389. The molecule has 2 aromatic rings. The van der Waals surface area contributed by atoms with E-state index in [-0.39, 0.29) is 17.7 Å². The van der Waals surface area contributed by atoms with Crippen molar-refractivity contribution in [3.63, 3.8) is 0 Å². The number of hydrogen-bond donors (Lipinski definition) is 1. The molecule has 0 spiro atoms. The molecule has 0 saturated carbocycles. The van der Waals surface area contributed by atoms with Gasteiger partial charge < -0.3 is 10.6 Å². The van der Waals surface area contributed by atoms with Crippen molar-refractivity contribution < 1.29 is 9.59 Å². The molecule has 1 aliphatic rings. The number of piperidine rings is 1. The Balaban J connectivity index is 1.67. The van der Waals surface area contributed by atoms with Gasteiger partial charge in [0.25, 0.3) is 5.91 Å². The van der Waals surface area contributed by atoms with E-state index in [9.17, 15) is 9.59 Å². The maximum Gasteiger partial charge on any atom is 0.254 e. The van der Waals surface area contributed by atoms with Gasteiger partial charge in [0.05, 0.1) is 0 Å². The van der Waals surface area contributed by atoms with E-state index in [1.54, 1.807) is 23.1 Å². The van der Waals surface area contributed by atoms with E-state index < -0.39 is 0 Å². The van der Waals surface area contributed by atoms with Crippen molar-refractivity contribution in [3.05, 3.63) is 46.5 Å². The number of nitrogens with zero attached hydrogens (tertiary/aromatic N) is 2. The number of thiazole rings is 1. The third kappa shape index (κ3) is 4.41. The number of aryl methyl sites for hydroxylation is 1. The van der Waals surface area contributed by atoms with Crippen LogP contribution in [0.5, 0.6) is 0 Å². The first kappa shape index (κ1) is 17.9. The molecule has 5 nitrogen and oxygen atoms in total. The third-order valence-corrected chi connectivity index (χ3v) is 6.57. The van der Waals surface area contributed by atoms with Crippen LogP contribution in [-0.4, -0.2) is 34.8 Å². The van der Waals surface area contributed by atoms with Gasteiger partial charge in [-0.1, -0.05) is 30.0 Å². The fourth-order valence-electron chi connectivity index (χ4n) is 2.93. The Kier molecular flexibility index (Phi) is 5.75. The lowest BCUT2D eigenvalue weighted by Crippen LogP contribution is -2.42. The lowest BCUT2D eigenvalue weighted by atomic mass is 9.95. The Morgan fingerprint density at radius 3 is 2.68 bits per heavy atom. The molecule has 2 N–H and O–H groups in total. The number of amides is 2. The maximum atomic E-state index is 12.9. The third-order valence-electron chi connectivity index (χ3n) is 4.38. The molecule has 0 radical (unpaired) electrons. The van der Waals surface area contributed by atoms with Crippen LogP contribution in [0.15, 0.2) is 34.0 Å². The molecule has 0 bridgehead atoms. The number of likely N-dealkylation sites (tertiary alicyclic amines) is 1. The minimum Gasteiger partial charge on any atom is -0.369 e. The van der Waals surface area contributed by atoms with Gasteiger partial charge in [0.1, 0.15) is 4.34 Å². The molecule has 1 fully saturated rings.